The molecule has 3 N–H and O–H groups in total. The lowest BCUT2D eigenvalue weighted by Crippen LogP contribution is -2.22. The van der Waals surface area contributed by atoms with Gasteiger partial charge in [-0.3, -0.25) is 0 Å². The Labute approximate surface area is 92.6 Å². The number of aromatic carboxylic acids is 1. The molecule has 16 heavy (non-hydrogen) atoms. The molecule has 86 valence electrons. The Bertz CT molecular complexity index is 379. The fourth-order valence-electron chi connectivity index (χ4n) is 1.80. The average molecular weight is 223 g/mol. The molecule has 0 saturated carbocycles. The Morgan fingerprint density at radius 3 is 2.06 bits per heavy atom. The van der Waals surface area contributed by atoms with Gasteiger partial charge in [0, 0.05) is 18.8 Å². The highest BCUT2D eigenvalue weighted by molar-refractivity contribution is 5.88. The number of rotatable bonds is 2. The average Bonchev–Trinajstić information content (AvgIpc) is 2.59. The minimum atomic E-state index is -0.965. The van der Waals surface area contributed by atoms with Gasteiger partial charge >= 0.3 is 5.97 Å². The van der Waals surface area contributed by atoms with Crippen molar-refractivity contribution in [1.82, 2.24) is 0 Å². The molecule has 2 rings (SSSR count). The van der Waals surface area contributed by atoms with E-state index >= 15 is 0 Å². The van der Waals surface area contributed by atoms with Gasteiger partial charge in [0.25, 0.3) is 0 Å². The van der Waals surface area contributed by atoms with E-state index in [-0.39, 0.29) is 5.56 Å². The minimum Gasteiger partial charge on any atom is -0.478 e. The molecule has 0 radical (unpaired) electrons. The van der Waals surface area contributed by atoms with Crippen LogP contribution < -0.4 is 4.90 Å². The third-order valence-electron chi connectivity index (χ3n) is 2.74. The molecule has 1 aliphatic rings. The van der Waals surface area contributed by atoms with Gasteiger partial charge in [0.05, 0.1) is 17.8 Å². The van der Waals surface area contributed by atoms with Crippen LogP contribution in [0, 0.1) is 0 Å². The van der Waals surface area contributed by atoms with Gasteiger partial charge in [-0.05, 0) is 24.3 Å². The van der Waals surface area contributed by atoms with Gasteiger partial charge in [-0.2, -0.15) is 0 Å². The smallest absolute Gasteiger partial charge is 0.335 e. The molecular formula is C11H13NO4. The molecule has 1 saturated heterocycles. The first-order valence-corrected chi connectivity index (χ1v) is 5.02. The molecule has 1 aliphatic heterocycles. The monoisotopic (exact) mass is 223 g/mol. The highest BCUT2D eigenvalue weighted by Crippen LogP contribution is 2.21. The van der Waals surface area contributed by atoms with Crippen molar-refractivity contribution >= 4 is 11.7 Å². The lowest BCUT2D eigenvalue weighted by atomic mass is 10.2. The van der Waals surface area contributed by atoms with Gasteiger partial charge in [-0.25, -0.2) is 4.79 Å². The third kappa shape index (κ3) is 2.00. The first-order valence-electron chi connectivity index (χ1n) is 5.02. The van der Waals surface area contributed by atoms with Crippen molar-refractivity contribution in [3.05, 3.63) is 29.8 Å². The first-order chi connectivity index (χ1) is 7.58. The lowest BCUT2D eigenvalue weighted by molar-refractivity contribution is 0.0572. The van der Waals surface area contributed by atoms with Crippen LogP contribution in [-0.2, 0) is 0 Å². The van der Waals surface area contributed by atoms with Crippen molar-refractivity contribution in [2.24, 2.45) is 0 Å². The number of benzene rings is 1. The summed E-state index contributed by atoms with van der Waals surface area (Å²) in [4.78, 5) is 12.5. The molecule has 0 aliphatic carbocycles. The maximum absolute atomic E-state index is 10.6. The Balaban J connectivity index is 2.14. The van der Waals surface area contributed by atoms with E-state index in [0.29, 0.717) is 13.1 Å². The van der Waals surface area contributed by atoms with Gasteiger partial charge in [-0.15, -0.1) is 0 Å². The molecule has 0 bridgehead atoms. The number of hydrogen-bond acceptors (Lipinski definition) is 4. The quantitative estimate of drug-likeness (QED) is 0.653. The number of anilines is 1. The molecule has 1 aromatic carbocycles. The molecule has 1 aromatic rings. The number of aliphatic hydroxyl groups excluding tert-OH is 2. The van der Waals surface area contributed by atoms with Crippen LogP contribution in [0.25, 0.3) is 0 Å². The van der Waals surface area contributed by atoms with E-state index in [9.17, 15) is 15.0 Å². The standard InChI is InChI=1S/C11H13NO4/c13-9-5-12(6-10(9)14)8-3-1-7(2-4-8)11(15)16/h1-4,9-10,13-14H,5-6H2,(H,15,16). The molecule has 2 unspecified atom stereocenters. The maximum atomic E-state index is 10.6. The topological polar surface area (TPSA) is 81.0 Å². The summed E-state index contributed by atoms with van der Waals surface area (Å²) in [5, 5.41) is 27.5. The summed E-state index contributed by atoms with van der Waals surface area (Å²) in [7, 11) is 0. The van der Waals surface area contributed by atoms with E-state index in [2.05, 4.69) is 0 Å². The fourth-order valence-corrected chi connectivity index (χ4v) is 1.80. The van der Waals surface area contributed by atoms with Gasteiger partial charge < -0.3 is 20.2 Å². The Kier molecular flexibility index (Phi) is 2.80. The van der Waals surface area contributed by atoms with E-state index in [1.54, 1.807) is 12.1 Å². The van der Waals surface area contributed by atoms with Crippen LogP contribution in [0.3, 0.4) is 0 Å². The summed E-state index contributed by atoms with van der Waals surface area (Å²) >= 11 is 0. The summed E-state index contributed by atoms with van der Waals surface area (Å²) < 4.78 is 0. The second kappa shape index (κ2) is 4.11. The summed E-state index contributed by atoms with van der Waals surface area (Å²) in [6.45, 7) is 0.737. The summed E-state index contributed by atoms with van der Waals surface area (Å²) in [6, 6.07) is 6.37. The molecule has 2 atom stereocenters. The maximum Gasteiger partial charge on any atom is 0.335 e. The predicted molar refractivity (Wildman–Crippen MR) is 57.6 cm³/mol. The summed E-state index contributed by atoms with van der Waals surface area (Å²) in [6.07, 6.45) is -1.47. The van der Waals surface area contributed by atoms with Crippen LogP contribution in [0.2, 0.25) is 0 Å². The molecular weight excluding hydrogens is 210 g/mol. The van der Waals surface area contributed by atoms with E-state index in [1.807, 2.05) is 4.90 Å². The van der Waals surface area contributed by atoms with Crippen molar-refractivity contribution in [3.8, 4) is 0 Å². The zero-order chi connectivity index (χ0) is 11.7. The van der Waals surface area contributed by atoms with Gasteiger partial charge in [0.1, 0.15) is 0 Å². The normalized spacial score (nSPS) is 24.8. The van der Waals surface area contributed by atoms with Crippen molar-refractivity contribution in [3.63, 3.8) is 0 Å². The largest absolute Gasteiger partial charge is 0.478 e. The van der Waals surface area contributed by atoms with Crippen LogP contribution in [0.1, 0.15) is 10.4 Å². The van der Waals surface area contributed by atoms with E-state index in [4.69, 9.17) is 5.11 Å². The van der Waals surface area contributed by atoms with E-state index < -0.39 is 18.2 Å². The zero-order valence-corrected chi connectivity index (χ0v) is 8.58. The van der Waals surface area contributed by atoms with Crippen LogP contribution in [0.15, 0.2) is 24.3 Å². The van der Waals surface area contributed by atoms with Crippen LogP contribution >= 0.6 is 0 Å². The second-order valence-corrected chi connectivity index (χ2v) is 3.89. The van der Waals surface area contributed by atoms with Crippen molar-refractivity contribution in [2.75, 3.05) is 18.0 Å². The summed E-state index contributed by atoms with van der Waals surface area (Å²) in [5.41, 5.74) is 1.03. The number of hydrogen-bond donors (Lipinski definition) is 3. The van der Waals surface area contributed by atoms with Crippen LogP contribution in [-0.4, -0.2) is 46.6 Å². The molecule has 0 amide bonds. The molecule has 0 aromatic heterocycles. The van der Waals surface area contributed by atoms with Crippen molar-refractivity contribution < 1.29 is 20.1 Å². The predicted octanol–water partition coefficient (Wildman–Crippen LogP) is -0.0734. The Morgan fingerprint density at radius 1 is 1.12 bits per heavy atom. The highest BCUT2D eigenvalue weighted by Gasteiger charge is 2.29. The number of nitrogens with zero attached hydrogens (tertiary/aromatic N) is 1. The van der Waals surface area contributed by atoms with E-state index in [1.165, 1.54) is 12.1 Å². The number of carboxylic acids is 1. The van der Waals surface area contributed by atoms with Crippen molar-refractivity contribution in [2.45, 2.75) is 12.2 Å². The molecule has 5 heteroatoms. The third-order valence-corrected chi connectivity index (χ3v) is 2.74. The Hall–Kier alpha value is -1.59. The molecule has 1 heterocycles. The van der Waals surface area contributed by atoms with Gasteiger partial charge in [0.15, 0.2) is 0 Å². The molecule has 0 spiro atoms. The van der Waals surface area contributed by atoms with Crippen LogP contribution in [0.4, 0.5) is 5.69 Å². The van der Waals surface area contributed by atoms with E-state index in [0.717, 1.165) is 5.69 Å². The Morgan fingerprint density at radius 2 is 1.62 bits per heavy atom. The molecule has 1 fully saturated rings. The first kappa shape index (κ1) is 10.9. The SMILES string of the molecule is O=C(O)c1ccc(N2CC(O)C(O)C2)cc1. The molecule has 5 nitrogen and oxygen atoms in total. The van der Waals surface area contributed by atoms with Crippen molar-refractivity contribution in [1.29, 1.82) is 0 Å². The minimum absolute atomic E-state index is 0.226. The summed E-state index contributed by atoms with van der Waals surface area (Å²) in [5.74, 6) is -0.965. The second-order valence-electron chi connectivity index (χ2n) is 3.89. The van der Waals surface area contributed by atoms with Crippen LogP contribution in [0.5, 0.6) is 0 Å². The lowest BCUT2D eigenvalue weighted by Gasteiger charge is -2.17. The fraction of sp³-hybridized carbons (Fsp3) is 0.364. The number of aliphatic hydroxyl groups is 2. The number of carboxylic acid groups (broad SMARTS) is 1. The number of carbonyl (C=O) groups is 1. The number of β-amino-alcohol motifs (C(OH)–C–C–N with tert-alkyl or cyclic N) is 2. The van der Waals surface area contributed by atoms with Gasteiger partial charge in [0.2, 0.25) is 0 Å². The highest BCUT2D eigenvalue weighted by atomic mass is 16.4. The zero-order valence-electron chi connectivity index (χ0n) is 8.58. The van der Waals surface area contributed by atoms with Gasteiger partial charge in [-0.1, -0.05) is 0 Å².